The van der Waals surface area contributed by atoms with Crippen LogP contribution in [0.15, 0.2) is 12.2 Å². The summed E-state index contributed by atoms with van der Waals surface area (Å²) in [6.07, 6.45) is 8.08. The third kappa shape index (κ3) is 6.55. The predicted octanol–water partition coefficient (Wildman–Crippen LogP) is 6.05. The lowest BCUT2D eigenvalue weighted by atomic mass is 9.54. The average molecular weight is 410 g/mol. The van der Waals surface area contributed by atoms with Crippen LogP contribution in [0.25, 0.3) is 0 Å². The lowest BCUT2D eigenvalue weighted by Crippen LogP contribution is -2.48. The molecule has 1 saturated heterocycles. The number of allylic oxidation sites excluding steroid dienone is 1. The van der Waals surface area contributed by atoms with Crippen molar-refractivity contribution in [2.75, 3.05) is 19.6 Å². The Morgan fingerprint density at radius 1 is 1.03 bits per heavy atom. The molecule has 1 aliphatic heterocycles. The molecule has 2 aliphatic carbocycles. The fraction of sp³-hybridized carbons (Fsp3) is 0.923. The number of hydrogen-bond donors (Lipinski definition) is 2. The molecule has 0 bridgehead atoms. The second kappa shape index (κ2) is 11.9. The average Bonchev–Trinajstić information content (AvgIpc) is 3.23. The molecule has 0 radical (unpaired) electrons. The van der Waals surface area contributed by atoms with Gasteiger partial charge in [-0.25, -0.2) is 0 Å². The van der Waals surface area contributed by atoms with Crippen LogP contribution >= 0.6 is 0 Å². The van der Waals surface area contributed by atoms with Crippen LogP contribution in [-0.2, 0) is 0 Å². The van der Waals surface area contributed by atoms with Gasteiger partial charge in [0.05, 0.1) is 12.2 Å². The Balaban J connectivity index is 0.000000390. The fourth-order valence-corrected chi connectivity index (χ4v) is 5.62. The van der Waals surface area contributed by atoms with Gasteiger partial charge in [-0.1, -0.05) is 53.7 Å². The predicted molar refractivity (Wildman–Crippen MR) is 126 cm³/mol. The molecule has 3 rings (SSSR count). The number of aliphatic hydroxyl groups is 2. The van der Waals surface area contributed by atoms with Gasteiger partial charge in [0.15, 0.2) is 0 Å². The van der Waals surface area contributed by atoms with Gasteiger partial charge in [-0.15, -0.1) is 0 Å². The summed E-state index contributed by atoms with van der Waals surface area (Å²) < 4.78 is 0. The van der Waals surface area contributed by atoms with Crippen molar-refractivity contribution in [2.24, 2.45) is 22.7 Å². The van der Waals surface area contributed by atoms with Gasteiger partial charge in [0.1, 0.15) is 0 Å². The molecule has 0 aromatic heterocycles. The molecule has 0 amide bonds. The number of rotatable bonds is 3. The van der Waals surface area contributed by atoms with Crippen LogP contribution in [0, 0.1) is 22.7 Å². The minimum absolute atomic E-state index is 0.0100. The summed E-state index contributed by atoms with van der Waals surface area (Å²) in [6.45, 7) is 23.4. The van der Waals surface area contributed by atoms with E-state index in [1.165, 1.54) is 57.3 Å². The van der Waals surface area contributed by atoms with Crippen molar-refractivity contribution in [3.8, 4) is 0 Å². The van der Waals surface area contributed by atoms with E-state index < -0.39 is 0 Å². The van der Waals surface area contributed by atoms with Gasteiger partial charge in [-0.05, 0) is 101 Å². The summed E-state index contributed by atoms with van der Waals surface area (Å²) in [5, 5.41) is 20.2. The van der Waals surface area contributed by atoms with Crippen molar-refractivity contribution in [3.63, 3.8) is 0 Å². The quantitative estimate of drug-likeness (QED) is 0.558. The van der Waals surface area contributed by atoms with Crippen molar-refractivity contribution < 1.29 is 10.2 Å². The van der Waals surface area contributed by atoms with E-state index in [0.717, 1.165) is 12.8 Å². The molecular weight excluding hydrogens is 358 g/mol. The third-order valence-electron chi connectivity index (χ3n) is 8.56. The normalized spacial score (nSPS) is 40.3. The minimum Gasteiger partial charge on any atom is -0.393 e. The number of aliphatic hydroxyl groups excluding tert-OH is 2. The Bertz CT molecular complexity index is 487. The maximum Gasteiger partial charge on any atom is 0.0621 e. The first-order valence-corrected chi connectivity index (χ1v) is 12.4. The Morgan fingerprint density at radius 2 is 1.62 bits per heavy atom. The summed E-state index contributed by atoms with van der Waals surface area (Å²) in [6, 6.07) is 0. The SMILES string of the molecule is C=C(C)[C@@]1(C)CCC([C@@]2(C)CC[C@H](O)C[C@@H]2O)CC1C.CC.CCN1CCCC1. The lowest BCUT2D eigenvalue weighted by molar-refractivity contribution is -0.0974. The molecule has 3 heteroatoms. The summed E-state index contributed by atoms with van der Waals surface area (Å²) in [5.74, 6) is 1.20. The second-order valence-electron chi connectivity index (χ2n) is 10.2. The third-order valence-corrected chi connectivity index (χ3v) is 8.56. The van der Waals surface area contributed by atoms with Crippen molar-refractivity contribution >= 4 is 0 Å². The first-order chi connectivity index (χ1) is 13.6. The van der Waals surface area contributed by atoms with Gasteiger partial charge in [-0.3, -0.25) is 0 Å². The fourth-order valence-electron chi connectivity index (χ4n) is 5.62. The maximum atomic E-state index is 10.5. The molecule has 29 heavy (non-hydrogen) atoms. The zero-order chi connectivity index (χ0) is 22.2. The van der Waals surface area contributed by atoms with Crippen LogP contribution in [0.3, 0.4) is 0 Å². The molecule has 0 aromatic carbocycles. The van der Waals surface area contributed by atoms with E-state index in [2.05, 4.69) is 46.1 Å². The van der Waals surface area contributed by atoms with Crippen LogP contribution in [0.2, 0.25) is 0 Å². The topological polar surface area (TPSA) is 43.7 Å². The molecule has 2 saturated carbocycles. The highest BCUT2D eigenvalue weighted by atomic mass is 16.3. The molecule has 2 N–H and O–H groups in total. The van der Waals surface area contributed by atoms with Crippen LogP contribution in [0.5, 0.6) is 0 Å². The second-order valence-corrected chi connectivity index (χ2v) is 10.2. The number of nitrogens with zero attached hydrogens (tertiary/aromatic N) is 1. The highest BCUT2D eigenvalue weighted by Gasteiger charge is 2.48. The van der Waals surface area contributed by atoms with Gasteiger partial charge >= 0.3 is 0 Å². The van der Waals surface area contributed by atoms with Gasteiger partial charge in [0.2, 0.25) is 0 Å². The molecule has 3 nitrogen and oxygen atoms in total. The molecule has 0 aromatic rings. The first kappa shape index (κ1) is 26.7. The summed E-state index contributed by atoms with van der Waals surface area (Å²) in [7, 11) is 0. The molecule has 1 heterocycles. The van der Waals surface area contributed by atoms with E-state index in [-0.39, 0.29) is 23.0 Å². The van der Waals surface area contributed by atoms with E-state index in [1.807, 2.05) is 13.8 Å². The zero-order valence-electron chi connectivity index (χ0n) is 20.6. The lowest BCUT2D eigenvalue weighted by Gasteiger charge is -2.52. The van der Waals surface area contributed by atoms with Gasteiger partial charge in [0.25, 0.3) is 0 Å². The maximum absolute atomic E-state index is 10.5. The van der Waals surface area contributed by atoms with E-state index in [1.54, 1.807) is 0 Å². The smallest absolute Gasteiger partial charge is 0.0621 e. The standard InChI is InChI=1S/C18H32O2.C6H13N.C2H6/c1-12(2)17(4)8-6-14(10-13(17)3)18(5)9-7-15(19)11-16(18)20;1-2-7-5-3-4-6-7;1-2/h13-16,19-20H,1,6-11H2,2-5H3;2-6H2,1H3;1-2H3/t13?,14?,15-,16-,17+,18+;;/m0../s1. The molecule has 3 aliphatic rings. The van der Waals surface area contributed by atoms with E-state index in [4.69, 9.17) is 0 Å². The summed E-state index contributed by atoms with van der Waals surface area (Å²) in [5.41, 5.74) is 1.55. The molecular formula is C26H51NO2. The largest absolute Gasteiger partial charge is 0.393 e. The van der Waals surface area contributed by atoms with E-state index in [9.17, 15) is 10.2 Å². The van der Waals surface area contributed by atoms with Crippen molar-refractivity contribution in [3.05, 3.63) is 12.2 Å². The molecule has 2 unspecified atom stereocenters. The van der Waals surface area contributed by atoms with Crippen LogP contribution in [0.4, 0.5) is 0 Å². The first-order valence-electron chi connectivity index (χ1n) is 12.4. The Morgan fingerprint density at radius 3 is 2.03 bits per heavy atom. The number of likely N-dealkylation sites (tertiary alicyclic amines) is 1. The van der Waals surface area contributed by atoms with Crippen LogP contribution < -0.4 is 0 Å². The summed E-state index contributed by atoms with van der Waals surface area (Å²) >= 11 is 0. The van der Waals surface area contributed by atoms with Gasteiger partial charge in [0, 0.05) is 0 Å². The molecule has 3 fully saturated rings. The highest BCUT2D eigenvalue weighted by Crippen LogP contribution is 2.55. The minimum atomic E-state index is -0.349. The van der Waals surface area contributed by atoms with Crippen molar-refractivity contribution in [1.29, 1.82) is 0 Å². The highest BCUT2D eigenvalue weighted by molar-refractivity contribution is 5.11. The summed E-state index contributed by atoms with van der Waals surface area (Å²) in [4.78, 5) is 2.49. The van der Waals surface area contributed by atoms with Crippen molar-refractivity contribution in [2.45, 2.75) is 112 Å². The Kier molecular flexibility index (Phi) is 10.9. The monoisotopic (exact) mass is 409 g/mol. The molecule has 172 valence electrons. The van der Waals surface area contributed by atoms with Gasteiger partial charge < -0.3 is 15.1 Å². The van der Waals surface area contributed by atoms with Crippen molar-refractivity contribution in [1.82, 2.24) is 4.90 Å². The molecule has 0 spiro atoms. The Hall–Kier alpha value is -0.380. The van der Waals surface area contributed by atoms with E-state index >= 15 is 0 Å². The zero-order valence-corrected chi connectivity index (χ0v) is 20.6. The van der Waals surface area contributed by atoms with E-state index in [0.29, 0.717) is 18.3 Å². The van der Waals surface area contributed by atoms with Crippen LogP contribution in [0.1, 0.15) is 99.8 Å². The van der Waals surface area contributed by atoms with Crippen LogP contribution in [-0.4, -0.2) is 47.0 Å². The Labute approximate surface area is 182 Å². The van der Waals surface area contributed by atoms with Gasteiger partial charge in [-0.2, -0.15) is 0 Å². The molecule has 6 atom stereocenters. The number of hydrogen-bond acceptors (Lipinski definition) is 3.